The second-order valence-corrected chi connectivity index (χ2v) is 4.26. The van der Waals surface area contributed by atoms with E-state index in [0.717, 1.165) is 12.5 Å². The van der Waals surface area contributed by atoms with Crippen LogP contribution in [0.15, 0.2) is 12.3 Å². The highest BCUT2D eigenvalue weighted by molar-refractivity contribution is 14.1. The van der Waals surface area contributed by atoms with Gasteiger partial charge in [0.2, 0.25) is 5.88 Å². The van der Waals surface area contributed by atoms with Crippen LogP contribution < -0.4 is 4.74 Å². The van der Waals surface area contributed by atoms with Gasteiger partial charge in [0.15, 0.2) is 6.10 Å². The molecule has 84 valence electrons. The van der Waals surface area contributed by atoms with Crippen molar-refractivity contribution in [1.29, 1.82) is 0 Å². The Kier molecular flexibility index (Phi) is 3.80. The van der Waals surface area contributed by atoms with Gasteiger partial charge in [0.05, 0.1) is 3.57 Å². The highest BCUT2D eigenvalue weighted by Crippen LogP contribution is 2.26. The van der Waals surface area contributed by atoms with Gasteiger partial charge in [-0.1, -0.05) is 0 Å². The second-order valence-electron chi connectivity index (χ2n) is 3.10. The molecule has 0 aliphatic carbocycles. The maximum Gasteiger partial charge on any atom is 0.425 e. The van der Waals surface area contributed by atoms with Crippen molar-refractivity contribution in [2.75, 3.05) is 0 Å². The summed E-state index contributed by atoms with van der Waals surface area (Å²) in [7, 11) is 0. The first kappa shape index (κ1) is 12.5. The Balaban J connectivity index is 2.82. The molecular formula is C9H9F3INO. The van der Waals surface area contributed by atoms with Crippen molar-refractivity contribution in [3.8, 4) is 5.88 Å². The van der Waals surface area contributed by atoms with E-state index in [1.165, 1.54) is 6.20 Å². The third-order valence-electron chi connectivity index (χ3n) is 1.69. The van der Waals surface area contributed by atoms with Crippen molar-refractivity contribution >= 4 is 22.6 Å². The van der Waals surface area contributed by atoms with Crippen molar-refractivity contribution in [2.24, 2.45) is 0 Å². The Morgan fingerprint density at radius 2 is 2.07 bits per heavy atom. The van der Waals surface area contributed by atoms with Crippen LogP contribution >= 0.6 is 22.6 Å². The SMILES string of the molecule is Cc1cnc(OC(C)C(F)(F)F)c(I)c1. The molecule has 0 saturated heterocycles. The van der Waals surface area contributed by atoms with Crippen molar-refractivity contribution < 1.29 is 17.9 Å². The van der Waals surface area contributed by atoms with Gasteiger partial charge in [0.1, 0.15) is 0 Å². The Bertz CT molecular complexity index is 354. The smallest absolute Gasteiger partial charge is 0.425 e. The fourth-order valence-corrected chi connectivity index (χ4v) is 1.60. The van der Waals surface area contributed by atoms with Gasteiger partial charge in [-0.05, 0) is 48.1 Å². The van der Waals surface area contributed by atoms with Crippen LogP contribution in [0.1, 0.15) is 12.5 Å². The predicted molar refractivity (Wildman–Crippen MR) is 57.8 cm³/mol. The summed E-state index contributed by atoms with van der Waals surface area (Å²) in [5, 5.41) is 0. The molecule has 2 nitrogen and oxygen atoms in total. The zero-order chi connectivity index (χ0) is 11.6. The minimum atomic E-state index is -4.37. The monoisotopic (exact) mass is 331 g/mol. The van der Waals surface area contributed by atoms with E-state index in [9.17, 15) is 13.2 Å². The highest BCUT2D eigenvalue weighted by atomic mass is 127. The molecule has 0 aliphatic heterocycles. The van der Waals surface area contributed by atoms with Gasteiger partial charge in [0.25, 0.3) is 0 Å². The average Bonchev–Trinajstić information content (AvgIpc) is 2.08. The topological polar surface area (TPSA) is 22.1 Å². The van der Waals surface area contributed by atoms with Crippen LogP contribution in [0.25, 0.3) is 0 Å². The summed E-state index contributed by atoms with van der Waals surface area (Å²) < 4.78 is 41.9. The Labute approximate surface area is 99.0 Å². The summed E-state index contributed by atoms with van der Waals surface area (Å²) in [5.74, 6) is 0.0195. The molecule has 1 unspecified atom stereocenters. The van der Waals surface area contributed by atoms with E-state index in [4.69, 9.17) is 4.74 Å². The van der Waals surface area contributed by atoms with E-state index >= 15 is 0 Å². The molecule has 0 N–H and O–H groups in total. The number of nitrogens with zero attached hydrogens (tertiary/aromatic N) is 1. The minimum absolute atomic E-state index is 0.0195. The van der Waals surface area contributed by atoms with Crippen molar-refractivity contribution in [3.63, 3.8) is 0 Å². The molecule has 0 aliphatic rings. The number of ether oxygens (including phenoxy) is 1. The van der Waals surface area contributed by atoms with E-state index in [1.807, 2.05) is 29.5 Å². The predicted octanol–water partition coefficient (Wildman–Crippen LogP) is 3.32. The molecule has 1 atom stereocenters. The molecule has 0 radical (unpaired) electrons. The quantitative estimate of drug-likeness (QED) is 0.776. The molecule has 15 heavy (non-hydrogen) atoms. The average molecular weight is 331 g/mol. The number of halogens is 4. The van der Waals surface area contributed by atoms with E-state index in [1.54, 1.807) is 6.07 Å². The zero-order valence-electron chi connectivity index (χ0n) is 8.10. The minimum Gasteiger partial charge on any atom is -0.464 e. The molecule has 1 rings (SSSR count). The molecule has 1 aromatic heterocycles. The van der Waals surface area contributed by atoms with Gasteiger partial charge >= 0.3 is 6.18 Å². The van der Waals surface area contributed by atoms with Gasteiger partial charge in [0, 0.05) is 6.20 Å². The van der Waals surface area contributed by atoms with E-state index in [2.05, 4.69) is 4.98 Å². The zero-order valence-corrected chi connectivity index (χ0v) is 10.3. The molecule has 6 heteroatoms. The van der Waals surface area contributed by atoms with E-state index in [0.29, 0.717) is 3.57 Å². The van der Waals surface area contributed by atoms with Gasteiger partial charge in [-0.2, -0.15) is 13.2 Å². The molecule has 0 fully saturated rings. The molecular weight excluding hydrogens is 322 g/mol. The number of pyridine rings is 1. The fourth-order valence-electron chi connectivity index (χ4n) is 0.842. The molecule has 0 spiro atoms. The van der Waals surface area contributed by atoms with Crippen LogP contribution in [0, 0.1) is 10.5 Å². The standard InChI is InChI=1S/C9H9F3INO/c1-5-3-7(13)8(14-4-5)15-6(2)9(10,11)12/h3-4,6H,1-2H3. The van der Waals surface area contributed by atoms with Crippen LogP contribution in [-0.2, 0) is 0 Å². The number of hydrogen-bond donors (Lipinski definition) is 0. The summed E-state index contributed by atoms with van der Waals surface area (Å²) in [6.07, 6.45) is -4.74. The largest absolute Gasteiger partial charge is 0.464 e. The Hall–Kier alpha value is -0.530. The fraction of sp³-hybridized carbons (Fsp3) is 0.444. The first-order chi connectivity index (χ1) is 6.80. The first-order valence-corrected chi connectivity index (χ1v) is 5.24. The van der Waals surface area contributed by atoms with Crippen LogP contribution in [0.4, 0.5) is 13.2 Å². The number of hydrogen-bond acceptors (Lipinski definition) is 2. The Morgan fingerprint density at radius 3 is 2.53 bits per heavy atom. The molecule has 0 saturated carbocycles. The molecule has 1 aromatic rings. The maximum atomic E-state index is 12.2. The number of aromatic nitrogens is 1. The lowest BCUT2D eigenvalue weighted by Crippen LogP contribution is -2.31. The lowest BCUT2D eigenvalue weighted by Gasteiger charge is -2.17. The van der Waals surface area contributed by atoms with Crippen molar-refractivity contribution in [3.05, 3.63) is 21.4 Å². The van der Waals surface area contributed by atoms with Gasteiger partial charge in [-0.3, -0.25) is 0 Å². The normalized spacial score (nSPS) is 13.7. The number of rotatable bonds is 2. The lowest BCUT2D eigenvalue weighted by atomic mass is 10.3. The summed E-state index contributed by atoms with van der Waals surface area (Å²) in [6, 6.07) is 1.71. The molecule has 0 aromatic carbocycles. The summed E-state index contributed by atoms with van der Waals surface area (Å²) in [5.41, 5.74) is 0.881. The highest BCUT2D eigenvalue weighted by Gasteiger charge is 2.38. The van der Waals surface area contributed by atoms with Crippen LogP contribution in [0.5, 0.6) is 5.88 Å². The molecule has 0 amide bonds. The third kappa shape index (κ3) is 3.51. The van der Waals surface area contributed by atoms with Gasteiger partial charge in [-0.25, -0.2) is 4.98 Å². The summed E-state index contributed by atoms with van der Waals surface area (Å²) in [4.78, 5) is 3.80. The third-order valence-corrected chi connectivity index (χ3v) is 2.47. The van der Waals surface area contributed by atoms with Crippen LogP contribution in [-0.4, -0.2) is 17.3 Å². The second kappa shape index (κ2) is 4.54. The summed E-state index contributed by atoms with van der Waals surface area (Å²) >= 11 is 1.89. The van der Waals surface area contributed by atoms with E-state index in [-0.39, 0.29) is 5.88 Å². The van der Waals surface area contributed by atoms with Gasteiger partial charge < -0.3 is 4.74 Å². The maximum absolute atomic E-state index is 12.2. The molecule has 0 bridgehead atoms. The lowest BCUT2D eigenvalue weighted by molar-refractivity contribution is -0.190. The molecule has 1 heterocycles. The van der Waals surface area contributed by atoms with Crippen LogP contribution in [0.3, 0.4) is 0 Å². The van der Waals surface area contributed by atoms with E-state index < -0.39 is 12.3 Å². The van der Waals surface area contributed by atoms with Crippen molar-refractivity contribution in [1.82, 2.24) is 4.98 Å². The number of aryl methyl sites for hydroxylation is 1. The van der Waals surface area contributed by atoms with Crippen LogP contribution in [0.2, 0.25) is 0 Å². The van der Waals surface area contributed by atoms with Crippen molar-refractivity contribution in [2.45, 2.75) is 26.1 Å². The first-order valence-electron chi connectivity index (χ1n) is 4.16. The summed E-state index contributed by atoms with van der Waals surface area (Å²) in [6.45, 7) is 2.77. The Morgan fingerprint density at radius 1 is 1.47 bits per heavy atom. The van der Waals surface area contributed by atoms with Gasteiger partial charge in [-0.15, -0.1) is 0 Å². The number of alkyl halides is 3.